The summed E-state index contributed by atoms with van der Waals surface area (Å²) in [6, 6.07) is -0.825. The van der Waals surface area contributed by atoms with Crippen molar-refractivity contribution in [2.75, 3.05) is 6.54 Å². The molecule has 6 nitrogen and oxygen atoms in total. The molecule has 2 fully saturated rings. The zero-order valence-electron chi connectivity index (χ0n) is 13.5. The summed E-state index contributed by atoms with van der Waals surface area (Å²) in [6.45, 7) is 5.05. The molecule has 2 amide bonds. The number of aliphatic hydroxyl groups is 1. The Labute approximate surface area is 132 Å². The molecular formula is C16H29N3O3. The van der Waals surface area contributed by atoms with Gasteiger partial charge in [-0.3, -0.25) is 9.59 Å². The molecule has 0 bridgehead atoms. The highest BCUT2D eigenvalue weighted by atomic mass is 16.3. The second-order valence-electron chi connectivity index (χ2n) is 7.12. The van der Waals surface area contributed by atoms with Crippen LogP contribution in [0, 0.1) is 17.8 Å². The van der Waals surface area contributed by atoms with Crippen LogP contribution in [0.4, 0.5) is 0 Å². The minimum atomic E-state index is -1.32. The smallest absolute Gasteiger partial charge is 0.248 e. The average molecular weight is 311 g/mol. The van der Waals surface area contributed by atoms with E-state index in [1.165, 1.54) is 6.42 Å². The van der Waals surface area contributed by atoms with Crippen molar-refractivity contribution in [3.63, 3.8) is 0 Å². The molecular weight excluding hydrogens is 282 g/mol. The first-order chi connectivity index (χ1) is 10.4. The minimum absolute atomic E-state index is 0.124. The van der Waals surface area contributed by atoms with Crippen molar-refractivity contribution in [2.24, 2.45) is 23.5 Å². The number of nitrogens with two attached hydrogens (primary N) is 1. The van der Waals surface area contributed by atoms with E-state index < -0.39 is 18.1 Å². The van der Waals surface area contributed by atoms with Gasteiger partial charge in [-0.05, 0) is 37.1 Å². The predicted octanol–water partition coefficient (Wildman–Crippen LogP) is 0.142. The maximum Gasteiger partial charge on any atom is 0.248 e. The number of rotatable bonds is 7. The van der Waals surface area contributed by atoms with Crippen molar-refractivity contribution < 1.29 is 14.7 Å². The number of amides is 2. The van der Waals surface area contributed by atoms with E-state index in [1.807, 2.05) is 0 Å². The van der Waals surface area contributed by atoms with Crippen LogP contribution in [0.15, 0.2) is 0 Å². The average Bonchev–Trinajstić information content (AvgIpc) is 2.89. The summed E-state index contributed by atoms with van der Waals surface area (Å²) in [5.41, 5.74) is 5.22. The summed E-state index contributed by atoms with van der Waals surface area (Å²) in [7, 11) is 0. The molecule has 0 aromatic rings. The van der Waals surface area contributed by atoms with Gasteiger partial charge in [0.15, 0.2) is 6.10 Å². The van der Waals surface area contributed by atoms with Crippen LogP contribution in [-0.2, 0) is 9.59 Å². The first kappa shape index (κ1) is 17.2. The van der Waals surface area contributed by atoms with E-state index in [1.54, 1.807) is 0 Å². The van der Waals surface area contributed by atoms with E-state index in [0.29, 0.717) is 18.3 Å². The van der Waals surface area contributed by atoms with Crippen LogP contribution in [0.25, 0.3) is 0 Å². The fourth-order valence-electron chi connectivity index (χ4n) is 3.55. The lowest BCUT2D eigenvalue weighted by atomic mass is 9.79. The molecule has 1 aliphatic carbocycles. The van der Waals surface area contributed by atoms with Crippen molar-refractivity contribution >= 4 is 11.8 Å². The highest BCUT2D eigenvalue weighted by Gasteiger charge is 2.37. The molecule has 0 spiro atoms. The second-order valence-corrected chi connectivity index (χ2v) is 7.12. The number of carbonyl (C=O) groups is 2. The van der Waals surface area contributed by atoms with E-state index in [2.05, 4.69) is 24.5 Å². The van der Waals surface area contributed by atoms with Crippen LogP contribution in [-0.4, -0.2) is 41.7 Å². The molecule has 1 saturated carbocycles. The van der Waals surface area contributed by atoms with Crippen molar-refractivity contribution in [3.05, 3.63) is 0 Å². The van der Waals surface area contributed by atoms with Crippen LogP contribution in [0.1, 0.15) is 46.0 Å². The lowest BCUT2D eigenvalue weighted by Crippen LogP contribution is -2.55. The van der Waals surface area contributed by atoms with E-state index in [9.17, 15) is 14.7 Å². The molecule has 1 saturated heterocycles. The summed E-state index contributed by atoms with van der Waals surface area (Å²) in [5.74, 6) is 0.272. The Balaban J connectivity index is 1.98. The summed E-state index contributed by atoms with van der Waals surface area (Å²) in [5, 5.41) is 16.1. The van der Waals surface area contributed by atoms with Gasteiger partial charge in [0.25, 0.3) is 0 Å². The Kier molecular flexibility index (Phi) is 5.81. The summed E-state index contributed by atoms with van der Waals surface area (Å²) in [4.78, 5) is 23.9. The number of hydrogen-bond donors (Lipinski definition) is 4. The zero-order valence-corrected chi connectivity index (χ0v) is 13.5. The molecule has 1 heterocycles. The van der Waals surface area contributed by atoms with Gasteiger partial charge in [0.05, 0.1) is 12.1 Å². The van der Waals surface area contributed by atoms with Gasteiger partial charge in [-0.15, -0.1) is 0 Å². The molecule has 0 radical (unpaired) electrons. The normalized spacial score (nSPS) is 28.2. The molecule has 2 aliphatic rings. The Bertz CT molecular complexity index is 409. The number of aliphatic hydroxyl groups excluding tert-OH is 1. The summed E-state index contributed by atoms with van der Waals surface area (Å²) >= 11 is 0. The maximum absolute atomic E-state index is 12.5. The predicted molar refractivity (Wildman–Crippen MR) is 83.8 cm³/mol. The van der Waals surface area contributed by atoms with E-state index in [4.69, 9.17) is 5.73 Å². The Hall–Kier alpha value is -1.14. The van der Waals surface area contributed by atoms with Gasteiger partial charge in [-0.1, -0.05) is 33.1 Å². The topological polar surface area (TPSA) is 104 Å². The van der Waals surface area contributed by atoms with Crippen molar-refractivity contribution in [1.29, 1.82) is 0 Å². The van der Waals surface area contributed by atoms with Crippen LogP contribution >= 0.6 is 0 Å². The molecule has 2 rings (SSSR count). The Morgan fingerprint density at radius 2 is 2.00 bits per heavy atom. The van der Waals surface area contributed by atoms with Crippen molar-refractivity contribution in [2.45, 2.75) is 64.1 Å². The largest absolute Gasteiger partial charge is 0.381 e. The first-order valence-corrected chi connectivity index (χ1v) is 8.41. The van der Waals surface area contributed by atoms with Crippen LogP contribution in [0.5, 0.6) is 0 Å². The first-order valence-electron chi connectivity index (χ1n) is 8.41. The molecule has 1 aliphatic heterocycles. The molecule has 3 unspecified atom stereocenters. The SMILES string of the molecule is CC(C)C1CCN[C@@H]1C(=O)NC(CC1CCC1)C(O)C(N)=O. The molecule has 6 heteroatoms. The molecule has 126 valence electrons. The number of nitrogens with one attached hydrogen (secondary N) is 2. The molecule has 5 N–H and O–H groups in total. The molecule has 0 aromatic heterocycles. The molecule has 22 heavy (non-hydrogen) atoms. The number of carbonyl (C=O) groups excluding carboxylic acids is 2. The van der Waals surface area contributed by atoms with Crippen LogP contribution < -0.4 is 16.4 Å². The Morgan fingerprint density at radius 1 is 1.32 bits per heavy atom. The second kappa shape index (κ2) is 7.42. The lowest BCUT2D eigenvalue weighted by Gasteiger charge is -2.33. The zero-order chi connectivity index (χ0) is 16.3. The quantitative estimate of drug-likeness (QED) is 0.537. The summed E-state index contributed by atoms with van der Waals surface area (Å²) in [6.07, 6.45) is 3.64. The monoisotopic (exact) mass is 311 g/mol. The van der Waals surface area contributed by atoms with E-state index in [-0.39, 0.29) is 17.9 Å². The third kappa shape index (κ3) is 3.98. The van der Waals surface area contributed by atoms with Crippen LogP contribution in [0.3, 0.4) is 0 Å². The minimum Gasteiger partial charge on any atom is -0.381 e. The van der Waals surface area contributed by atoms with Crippen molar-refractivity contribution in [1.82, 2.24) is 10.6 Å². The van der Waals surface area contributed by atoms with Gasteiger partial charge < -0.3 is 21.5 Å². The standard InChI is InChI=1S/C16H29N3O3/c1-9(2)11-6-7-18-13(11)16(22)19-12(14(20)15(17)21)8-10-4-3-5-10/h9-14,18,20H,3-8H2,1-2H3,(H2,17,21)(H,19,22)/t11?,12?,13-,14?/m0/s1. The molecule has 0 aromatic carbocycles. The summed E-state index contributed by atoms with van der Waals surface area (Å²) < 4.78 is 0. The number of hydrogen-bond acceptors (Lipinski definition) is 4. The van der Waals surface area contributed by atoms with Crippen LogP contribution in [0.2, 0.25) is 0 Å². The van der Waals surface area contributed by atoms with Gasteiger partial charge in [-0.25, -0.2) is 0 Å². The molecule has 4 atom stereocenters. The van der Waals surface area contributed by atoms with Gasteiger partial charge in [0, 0.05) is 0 Å². The lowest BCUT2D eigenvalue weighted by molar-refractivity contribution is -0.131. The van der Waals surface area contributed by atoms with Gasteiger partial charge in [0.2, 0.25) is 11.8 Å². The third-order valence-corrected chi connectivity index (χ3v) is 5.22. The third-order valence-electron chi connectivity index (χ3n) is 5.22. The van der Waals surface area contributed by atoms with Gasteiger partial charge in [0.1, 0.15) is 0 Å². The fourth-order valence-corrected chi connectivity index (χ4v) is 3.55. The fraction of sp³-hybridized carbons (Fsp3) is 0.875. The number of primary amides is 1. The van der Waals surface area contributed by atoms with Crippen molar-refractivity contribution in [3.8, 4) is 0 Å². The van der Waals surface area contributed by atoms with E-state index >= 15 is 0 Å². The van der Waals surface area contributed by atoms with Gasteiger partial charge in [-0.2, -0.15) is 0 Å². The Morgan fingerprint density at radius 3 is 2.50 bits per heavy atom. The maximum atomic E-state index is 12.5. The highest BCUT2D eigenvalue weighted by molar-refractivity contribution is 5.85. The van der Waals surface area contributed by atoms with Gasteiger partial charge >= 0.3 is 0 Å². The van der Waals surface area contributed by atoms with E-state index in [0.717, 1.165) is 25.8 Å². The highest BCUT2D eigenvalue weighted by Crippen LogP contribution is 2.31.